The minimum absolute atomic E-state index is 0.0335. The third-order valence-electron chi connectivity index (χ3n) is 2.27. The molecule has 2 rings (SSSR count). The van der Waals surface area contributed by atoms with Gasteiger partial charge in [0.1, 0.15) is 0 Å². The van der Waals surface area contributed by atoms with Gasteiger partial charge in [0.05, 0.1) is 22.3 Å². The lowest BCUT2D eigenvalue weighted by Crippen LogP contribution is -1.95. The third-order valence-corrected chi connectivity index (χ3v) is 2.57. The first-order valence-electron chi connectivity index (χ1n) is 5.03. The lowest BCUT2D eigenvalue weighted by molar-refractivity contribution is 0.444. The highest BCUT2D eigenvalue weighted by molar-refractivity contribution is 6.32. The Kier molecular flexibility index (Phi) is 3.35. The van der Waals surface area contributed by atoms with Crippen LogP contribution < -0.4 is 10.5 Å². The van der Waals surface area contributed by atoms with Crippen LogP contribution in [-0.4, -0.2) is 0 Å². The lowest BCUT2D eigenvalue weighted by Gasteiger charge is -2.10. The number of para-hydroxylation sites is 1. The van der Waals surface area contributed by atoms with Crippen LogP contribution in [0.3, 0.4) is 0 Å². The largest absolute Gasteiger partial charge is 0.451 e. The SMILES string of the molecule is N#Cc1ccc(Oc2c(N)cccc2Cl)c(F)c1. The maximum atomic E-state index is 13.6. The van der Waals surface area contributed by atoms with Crippen LogP contribution in [0.15, 0.2) is 36.4 Å². The molecule has 0 aliphatic rings. The summed E-state index contributed by atoms with van der Waals surface area (Å²) in [6.45, 7) is 0. The molecule has 0 bridgehead atoms. The fraction of sp³-hybridized carbons (Fsp3) is 0. The first kappa shape index (κ1) is 12.2. The summed E-state index contributed by atoms with van der Waals surface area (Å²) in [4.78, 5) is 0. The molecule has 0 aromatic heterocycles. The van der Waals surface area contributed by atoms with Crippen molar-refractivity contribution in [1.82, 2.24) is 0 Å². The van der Waals surface area contributed by atoms with Gasteiger partial charge in [-0.3, -0.25) is 0 Å². The maximum absolute atomic E-state index is 13.6. The van der Waals surface area contributed by atoms with Gasteiger partial charge in [-0.2, -0.15) is 5.26 Å². The molecule has 2 aromatic carbocycles. The van der Waals surface area contributed by atoms with Gasteiger partial charge in [-0.05, 0) is 30.3 Å². The summed E-state index contributed by atoms with van der Waals surface area (Å²) in [5.74, 6) is -0.482. The van der Waals surface area contributed by atoms with Gasteiger partial charge in [-0.15, -0.1) is 0 Å². The highest BCUT2D eigenvalue weighted by Gasteiger charge is 2.11. The van der Waals surface area contributed by atoms with Crippen LogP contribution in [0.25, 0.3) is 0 Å². The van der Waals surface area contributed by atoms with Gasteiger partial charge in [0.25, 0.3) is 0 Å². The van der Waals surface area contributed by atoms with E-state index in [1.165, 1.54) is 12.1 Å². The van der Waals surface area contributed by atoms with Gasteiger partial charge in [0.2, 0.25) is 0 Å². The second kappa shape index (κ2) is 4.94. The van der Waals surface area contributed by atoms with Crippen LogP contribution in [0.1, 0.15) is 5.56 Å². The van der Waals surface area contributed by atoms with E-state index in [1.54, 1.807) is 18.2 Å². The predicted octanol–water partition coefficient (Wildman–Crippen LogP) is 3.73. The van der Waals surface area contributed by atoms with Crippen LogP contribution in [0.4, 0.5) is 10.1 Å². The summed E-state index contributed by atoms with van der Waals surface area (Å²) in [7, 11) is 0. The van der Waals surface area contributed by atoms with Crippen LogP contribution in [-0.2, 0) is 0 Å². The Morgan fingerprint density at radius 2 is 2.06 bits per heavy atom. The second-order valence-electron chi connectivity index (χ2n) is 3.52. The molecular weight excluding hydrogens is 255 g/mol. The molecule has 0 radical (unpaired) electrons. The molecule has 3 nitrogen and oxygen atoms in total. The Morgan fingerprint density at radius 1 is 1.28 bits per heavy atom. The molecule has 90 valence electrons. The van der Waals surface area contributed by atoms with E-state index in [1.807, 2.05) is 6.07 Å². The average molecular weight is 263 g/mol. The van der Waals surface area contributed by atoms with Gasteiger partial charge in [0, 0.05) is 0 Å². The number of hydrogen-bond donors (Lipinski definition) is 1. The normalized spacial score (nSPS) is 9.83. The fourth-order valence-electron chi connectivity index (χ4n) is 1.40. The number of nitrogens with two attached hydrogens (primary N) is 1. The van der Waals surface area contributed by atoms with E-state index in [0.717, 1.165) is 6.07 Å². The molecule has 5 heteroatoms. The number of nitrogen functional groups attached to an aromatic ring is 1. The van der Waals surface area contributed by atoms with Gasteiger partial charge in [0.15, 0.2) is 17.3 Å². The van der Waals surface area contributed by atoms with Crippen molar-refractivity contribution in [2.75, 3.05) is 5.73 Å². The van der Waals surface area contributed by atoms with Crippen molar-refractivity contribution in [3.05, 3.63) is 52.8 Å². The summed E-state index contributed by atoms with van der Waals surface area (Å²) in [5.41, 5.74) is 6.22. The molecule has 0 heterocycles. The quantitative estimate of drug-likeness (QED) is 0.839. The Morgan fingerprint density at radius 3 is 2.67 bits per heavy atom. The van der Waals surface area contributed by atoms with Crippen molar-refractivity contribution in [3.8, 4) is 17.6 Å². The number of benzene rings is 2. The van der Waals surface area contributed by atoms with Crippen LogP contribution in [0.2, 0.25) is 5.02 Å². The predicted molar refractivity (Wildman–Crippen MR) is 67.1 cm³/mol. The minimum atomic E-state index is -0.645. The van der Waals surface area contributed by atoms with Gasteiger partial charge in [-0.25, -0.2) is 4.39 Å². The molecular formula is C13H8ClFN2O. The van der Waals surface area contributed by atoms with Gasteiger partial charge in [-0.1, -0.05) is 17.7 Å². The summed E-state index contributed by atoms with van der Waals surface area (Å²) in [6, 6.07) is 10.6. The van der Waals surface area contributed by atoms with Crippen molar-refractivity contribution in [1.29, 1.82) is 5.26 Å². The monoisotopic (exact) mass is 262 g/mol. The molecule has 2 N–H and O–H groups in total. The topological polar surface area (TPSA) is 59.0 Å². The molecule has 18 heavy (non-hydrogen) atoms. The minimum Gasteiger partial charge on any atom is -0.451 e. The Bertz CT molecular complexity index is 617. The third kappa shape index (κ3) is 2.36. The zero-order chi connectivity index (χ0) is 13.1. The molecule has 0 unspecified atom stereocenters. The van der Waals surface area contributed by atoms with Crippen molar-refractivity contribution in [3.63, 3.8) is 0 Å². The standard InChI is InChI=1S/C13H8ClFN2O/c14-9-2-1-3-11(17)13(9)18-12-5-4-8(7-16)6-10(12)15/h1-6H,17H2. The highest BCUT2D eigenvalue weighted by Crippen LogP contribution is 2.35. The van der Waals surface area contributed by atoms with Gasteiger partial charge >= 0.3 is 0 Å². The molecule has 2 aromatic rings. The molecule has 0 aliphatic heterocycles. The van der Waals surface area contributed by atoms with Crippen molar-refractivity contribution >= 4 is 17.3 Å². The smallest absolute Gasteiger partial charge is 0.169 e. The van der Waals surface area contributed by atoms with E-state index in [4.69, 9.17) is 27.3 Å². The van der Waals surface area contributed by atoms with Crippen LogP contribution in [0.5, 0.6) is 11.5 Å². The van der Waals surface area contributed by atoms with Crippen molar-refractivity contribution in [2.24, 2.45) is 0 Å². The van der Waals surface area contributed by atoms with E-state index in [9.17, 15) is 4.39 Å². The molecule has 0 aliphatic carbocycles. The second-order valence-corrected chi connectivity index (χ2v) is 3.92. The molecule has 0 fully saturated rings. The molecule has 0 amide bonds. The Labute approximate surface area is 108 Å². The van der Waals surface area contributed by atoms with E-state index in [2.05, 4.69) is 0 Å². The summed E-state index contributed by atoms with van der Waals surface area (Å²) in [5, 5.41) is 8.92. The first-order chi connectivity index (χ1) is 8.61. The molecule has 0 spiro atoms. The van der Waals surface area contributed by atoms with Crippen LogP contribution >= 0.6 is 11.6 Å². The number of ether oxygens (including phenoxy) is 1. The van der Waals surface area contributed by atoms with E-state index >= 15 is 0 Å². The summed E-state index contributed by atoms with van der Waals surface area (Å²) in [6.07, 6.45) is 0. The number of halogens is 2. The number of anilines is 1. The van der Waals surface area contributed by atoms with Crippen LogP contribution in [0, 0.1) is 17.1 Å². The number of nitriles is 1. The molecule has 0 atom stereocenters. The van der Waals surface area contributed by atoms with Gasteiger partial charge < -0.3 is 10.5 Å². The highest BCUT2D eigenvalue weighted by atomic mass is 35.5. The van der Waals surface area contributed by atoms with E-state index < -0.39 is 5.82 Å². The molecule has 0 saturated heterocycles. The number of nitrogens with zero attached hydrogens (tertiary/aromatic N) is 1. The zero-order valence-electron chi connectivity index (χ0n) is 9.15. The number of hydrogen-bond acceptors (Lipinski definition) is 3. The summed E-state index contributed by atoms with van der Waals surface area (Å²) < 4.78 is 19.0. The Hall–Kier alpha value is -2.25. The Balaban J connectivity index is 2.38. The first-order valence-corrected chi connectivity index (χ1v) is 5.41. The average Bonchev–Trinajstić information content (AvgIpc) is 2.35. The van der Waals surface area contributed by atoms with E-state index in [0.29, 0.717) is 10.7 Å². The maximum Gasteiger partial charge on any atom is 0.169 e. The van der Waals surface area contributed by atoms with Crippen molar-refractivity contribution < 1.29 is 9.13 Å². The molecule has 0 saturated carbocycles. The lowest BCUT2D eigenvalue weighted by atomic mass is 10.2. The van der Waals surface area contributed by atoms with E-state index in [-0.39, 0.29) is 17.1 Å². The number of rotatable bonds is 2. The summed E-state index contributed by atoms with van der Waals surface area (Å²) >= 11 is 5.91. The zero-order valence-corrected chi connectivity index (χ0v) is 9.91. The fourth-order valence-corrected chi connectivity index (χ4v) is 1.62. The van der Waals surface area contributed by atoms with Crippen molar-refractivity contribution in [2.45, 2.75) is 0 Å².